The number of hydrogen-bond acceptors (Lipinski definition) is 7. The zero-order valence-electron chi connectivity index (χ0n) is 10.3. The Bertz CT molecular complexity index is 353. The second kappa shape index (κ2) is 8.84. The van der Waals surface area contributed by atoms with Crippen molar-refractivity contribution >= 4 is 23.5 Å². The zero-order chi connectivity index (χ0) is 13.2. The molecule has 1 aromatic rings. The molecule has 102 valence electrons. The van der Waals surface area contributed by atoms with E-state index in [-0.39, 0.29) is 11.9 Å². The van der Waals surface area contributed by atoms with Crippen molar-refractivity contribution in [1.82, 2.24) is 15.0 Å². The molecule has 0 atom stereocenters. The predicted molar refractivity (Wildman–Crippen MR) is 70.0 cm³/mol. The third-order valence-electron chi connectivity index (χ3n) is 1.91. The number of halogens is 1. The van der Waals surface area contributed by atoms with Crippen LogP contribution in [0.4, 0.5) is 11.9 Å². The van der Waals surface area contributed by atoms with E-state index in [0.29, 0.717) is 31.7 Å². The first-order chi connectivity index (χ1) is 8.76. The lowest BCUT2D eigenvalue weighted by Crippen LogP contribution is -2.14. The maximum absolute atomic E-state index is 8.53. The minimum absolute atomic E-state index is 0.0165. The molecule has 1 rings (SSSR count). The zero-order valence-corrected chi connectivity index (χ0v) is 11.1. The first kappa shape index (κ1) is 14.9. The Labute approximate surface area is 111 Å². The SMILES string of the molecule is CCCNc1nc(Cl)nc(NCCOCCO)n1. The molecule has 1 aromatic heterocycles. The lowest BCUT2D eigenvalue weighted by Gasteiger charge is -2.07. The highest BCUT2D eigenvalue weighted by Gasteiger charge is 2.03. The minimum atomic E-state index is 0.0165. The van der Waals surface area contributed by atoms with E-state index in [1.165, 1.54) is 0 Å². The van der Waals surface area contributed by atoms with Gasteiger partial charge >= 0.3 is 0 Å². The summed E-state index contributed by atoms with van der Waals surface area (Å²) in [5, 5.41) is 14.7. The quantitative estimate of drug-likeness (QED) is 0.573. The van der Waals surface area contributed by atoms with Gasteiger partial charge in [0.05, 0.1) is 19.8 Å². The van der Waals surface area contributed by atoms with Gasteiger partial charge in [-0.1, -0.05) is 6.92 Å². The highest BCUT2D eigenvalue weighted by molar-refractivity contribution is 6.28. The van der Waals surface area contributed by atoms with Crippen LogP contribution in [0, 0.1) is 0 Å². The monoisotopic (exact) mass is 275 g/mol. The molecule has 0 spiro atoms. The summed E-state index contributed by atoms with van der Waals surface area (Å²) < 4.78 is 5.10. The molecule has 0 saturated carbocycles. The molecule has 0 aliphatic carbocycles. The van der Waals surface area contributed by atoms with E-state index >= 15 is 0 Å². The minimum Gasteiger partial charge on any atom is -0.394 e. The van der Waals surface area contributed by atoms with Crippen molar-refractivity contribution in [2.24, 2.45) is 0 Å². The van der Waals surface area contributed by atoms with E-state index in [1.807, 2.05) is 6.92 Å². The van der Waals surface area contributed by atoms with E-state index in [4.69, 9.17) is 21.4 Å². The number of ether oxygens (including phenoxy) is 1. The van der Waals surface area contributed by atoms with Crippen LogP contribution < -0.4 is 10.6 Å². The van der Waals surface area contributed by atoms with Gasteiger partial charge in [0.15, 0.2) is 0 Å². The number of hydrogen-bond donors (Lipinski definition) is 3. The van der Waals surface area contributed by atoms with E-state index in [2.05, 4.69) is 25.6 Å². The van der Waals surface area contributed by atoms with Gasteiger partial charge in [0.2, 0.25) is 17.2 Å². The van der Waals surface area contributed by atoms with Crippen LogP contribution in [0.1, 0.15) is 13.3 Å². The molecule has 0 aliphatic rings. The third-order valence-corrected chi connectivity index (χ3v) is 2.08. The lowest BCUT2D eigenvalue weighted by atomic mass is 10.5. The fourth-order valence-corrected chi connectivity index (χ4v) is 1.31. The summed E-state index contributed by atoms with van der Waals surface area (Å²) in [4.78, 5) is 12.1. The van der Waals surface area contributed by atoms with Crippen LogP contribution in [0.2, 0.25) is 5.28 Å². The smallest absolute Gasteiger partial charge is 0.228 e. The number of aliphatic hydroxyl groups excluding tert-OH is 1. The fourth-order valence-electron chi connectivity index (χ4n) is 1.15. The van der Waals surface area contributed by atoms with Gasteiger partial charge < -0.3 is 20.5 Å². The number of rotatable bonds is 9. The third kappa shape index (κ3) is 5.95. The summed E-state index contributed by atoms with van der Waals surface area (Å²) in [6.07, 6.45) is 0.973. The maximum Gasteiger partial charge on any atom is 0.228 e. The molecule has 1 heterocycles. The molecule has 8 heteroatoms. The van der Waals surface area contributed by atoms with Crippen molar-refractivity contribution < 1.29 is 9.84 Å². The molecule has 0 aliphatic heterocycles. The molecule has 0 unspecified atom stereocenters. The number of nitrogens with one attached hydrogen (secondary N) is 2. The number of nitrogens with zero attached hydrogens (tertiary/aromatic N) is 3. The second-order valence-corrected chi connectivity index (χ2v) is 3.78. The number of anilines is 2. The number of aromatic nitrogens is 3. The first-order valence-electron chi connectivity index (χ1n) is 5.84. The van der Waals surface area contributed by atoms with Gasteiger partial charge in [0.1, 0.15) is 0 Å². The van der Waals surface area contributed by atoms with E-state index < -0.39 is 0 Å². The Morgan fingerprint density at radius 2 is 1.78 bits per heavy atom. The Kier molecular flexibility index (Phi) is 7.31. The molecule has 0 amide bonds. The predicted octanol–water partition coefficient (Wildman–Crippen LogP) is 0.768. The van der Waals surface area contributed by atoms with Gasteiger partial charge in [0, 0.05) is 13.1 Å². The van der Waals surface area contributed by atoms with Crippen LogP contribution in [-0.2, 0) is 4.74 Å². The van der Waals surface area contributed by atoms with Crippen LogP contribution in [0.25, 0.3) is 0 Å². The van der Waals surface area contributed by atoms with Gasteiger partial charge in [-0.3, -0.25) is 0 Å². The molecular weight excluding hydrogens is 258 g/mol. The summed E-state index contributed by atoms with van der Waals surface area (Å²) >= 11 is 5.78. The van der Waals surface area contributed by atoms with Gasteiger partial charge in [0.25, 0.3) is 0 Å². The summed E-state index contributed by atoms with van der Waals surface area (Å²) in [6, 6.07) is 0. The standard InChI is InChI=1S/C10H18ClN5O2/c1-2-3-12-9-14-8(11)15-10(16-9)13-4-6-18-7-5-17/h17H,2-7H2,1H3,(H2,12,13,14,15,16). The molecular formula is C10H18ClN5O2. The average molecular weight is 276 g/mol. The van der Waals surface area contributed by atoms with Crippen molar-refractivity contribution in [3.63, 3.8) is 0 Å². The van der Waals surface area contributed by atoms with Gasteiger partial charge in [-0.15, -0.1) is 0 Å². The highest BCUT2D eigenvalue weighted by Crippen LogP contribution is 2.09. The Morgan fingerprint density at radius 1 is 1.11 bits per heavy atom. The van der Waals surface area contributed by atoms with Gasteiger partial charge in [-0.2, -0.15) is 15.0 Å². The van der Waals surface area contributed by atoms with Crippen LogP contribution in [0.15, 0.2) is 0 Å². The highest BCUT2D eigenvalue weighted by atomic mass is 35.5. The van der Waals surface area contributed by atoms with E-state index in [1.54, 1.807) is 0 Å². The van der Waals surface area contributed by atoms with Crippen molar-refractivity contribution in [2.75, 3.05) is 43.5 Å². The number of aliphatic hydroxyl groups is 1. The molecule has 0 radical (unpaired) electrons. The molecule has 0 bridgehead atoms. The van der Waals surface area contributed by atoms with Gasteiger partial charge in [-0.05, 0) is 18.0 Å². The fraction of sp³-hybridized carbons (Fsp3) is 0.700. The largest absolute Gasteiger partial charge is 0.394 e. The summed E-state index contributed by atoms with van der Waals surface area (Å²) in [5.41, 5.74) is 0. The normalized spacial score (nSPS) is 10.4. The summed E-state index contributed by atoms with van der Waals surface area (Å²) in [6.45, 7) is 4.16. The van der Waals surface area contributed by atoms with Crippen molar-refractivity contribution in [3.05, 3.63) is 5.28 Å². The Morgan fingerprint density at radius 3 is 2.39 bits per heavy atom. The topological polar surface area (TPSA) is 92.2 Å². The summed E-state index contributed by atoms with van der Waals surface area (Å²) in [7, 11) is 0. The van der Waals surface area contributed by atoms with Gasteiger partial charge in [-0.25, -0.2) is 0 Å². The molecule has 0 fully saturated rings. The molecule has 3 N–H and O–H groups in total. The molecule has 0 saturated heterocycles. The van der Waals surface area contributed by atoms with Crippen LogP contribution in [0.5, 0.6) is 0 Å². The Hall–Kier alpha value is -1.18. The van der Waals surface area contributed by atoms with Crippen LogP contribution >= 0.6 is 11.6 Å². The van der Waals surface area contributed by atoms with Crippen molar-refractivity contribution in [2.45, 2.75) is 13.3 Å². The Balaban J connectivity index is 2.41. The second-order valence-electron chi connectivity index (χ2n) is 3.44. The lowest BCUT2D eigenvalue weighted by molar-refractivity contribution is 0.0991. The maximum atomic E-state index is 8.53. The first-order valence-corrected chi connectivity index (χ1v) is 6.22. The van der Waals surface area contributed by atoms with Crippen molar-refractivity contribution in [1.29, 1.82) is 0 Å². The van der Waals surface area contributed by atoms with Crippen LogP contribution in [-0.4, -0.2) is 53.0 Å². The van der Waals surface area contributed by atoms with E-state index in [0.717, 1.165) is 13.0 Å². The molecule has 7 nitrogen and oxygen atoms in total. The van der Waals surface area contributed by atoms with E-state index in [9.17, 15) is 0 Å². The molecule has 18 heavy (non-hydrogen) atoms. The average Bonchev–Trinajstić information content (AvgIpc) is 2.35. The van der Waals surface area contributed by atoms with Crippen molar-refractivity contribution in [3.8, 4) is 0 Å². The van der Waals surface area contributed by atoms with Crippen LogP contribution in [0.3, 0.4) is 0 Å². The summed E-state index contributed by atoms with van der Waals surface area (Å²) in [5.74, 6) is 0.858. The molecule has 0 aromatic carbocycles.